The smallest absolute Gasteiger partial charge is 0.123 e. The highest BCUT2D eigenvalue weighted by atomic mass is 35.5. The summed E-state index contributed by atoms with van der Waals surface area (Å²) in [5.41, 5.74) is 2.19. The van der Waals surface area contributed by atoms with Crippen LogP contribution in [-0.4, -0.2) is 6.54 Å². The summed E-state index contributed by atoms with van der Waals surface area (Å²) < 4.78 is 13.1. The zero-order valence-electron chi connectivity index (χ0n) is 11.6. The van der Waals surface area contributed by atoms with Gasteiger partial charge in [-0.1, -0.05) is 48.9 Å². The minimum atomic E-state index is -0.208. The first-order valence-electron chi connectivity index (χ1n) is 6.93. The predicted octanol–water partition coefficient (Wildman–Crippen LogP) is 4.76. The zero-order valence-corrected chi connectivity index (χ0v) is 12.3. The second-order valence-corrected chi connectivity index (χ2v) is 5.26. The van der Waals surface area contributed by atoms with E-state index in [-0.39, 0.29) is 11.9 Å². The molecule has 0 aliphatic carbocycles. The summed E-state index contributed by atoms with van der Waals surface area (Å²) in [6.45, 7) is 3.05. The van der Waals surface area contributed by atoms with Gasteiger partial charge in [0.25, 0.3) is 0 Å². The monoisotopic (exact) mass is 291 g/mol. The van der Waals surface area contributed by atoms with E-state index in [1.54, 1.807) is 0 Å². The van der Waals surface area contributed by atoms with Crippen LogP contribution >= 0.6 is 11.6 Å². The van der Waals surface area contributed by atoms with Crippen molar-refractivity contribution >= 4 is 11.6 Å². The maximum absolute atomic E-state index is 13.1. The summed E-state index contributed by atoms with van der Waals surface area (Å²) in [7, 11) is 0. The second-order valence-electron chi connectivity index (χ2n) is 4.85. The third kappa shape index (κ3) is 4.06. The molecular weight excluding hydrogens is 273 g/mol. The van der Waals surface area contributed by atoms with E-state index in [9.17, 15) is 4.39 Å². The van der Waals surface area contributed by atoms with Gasteiger partial charge in [-0.15, -0.1) is 0 Å². The van der Waals surface area contributed by atoms with Crippen molar-refractivity contribution in [1.29, 1.82) is 0 Å². The van der Waals surface area contributed by atoms with Crippen molar-refractivity contribution in [1.82, 2.24) is 5.32 Å². The van der Waals surface area contributed by atoms with Crippen molar-refractivity contribution in [3.8, 4) is 0 Å². The minimum absolute atomic E-state index is 0.149. The Hall–Kier alpha value is -1.38. The summed E-state index contributed by atoms with van der Waals surface area (Å²) in [6, 6.07) is 14.7. The third-order valence-corrected chi connectivity index (χ3v) is 3.66. The largest absolute Gasteiger partial charge is 0.310 e. The third-order valence-electron chi connectivity index (χ3n) is 3.29. The zero-order chi connectivity index (χ0) is 14.4. The van der Waals surface area contributed by atoms with E-state index in [1.165, 1.54) is 12.1 Å². The van der Waals surface area contributed by atoms with Crippen molar-refractivity contribution < 1.29 is 4.39 Å². The van der Waals surface area contributed by atoms with Crippen LogP contribution in [0.1, 0.15) is 30.5 Å². The van der Waals surface area contributed by atoms with Gasteiger partial charge in [0.15, 0.2) is 0 Å². The van der Waals surface area contributed by atoms with E-state index >= 15 is 0 Å². The molecule has 0 spiro atoms. The fourth-order valence-corrected chi connectivity index (χ4v) is 2.42. The molecule has 0 saturated carbocycles. The molecule has 0 fully saturated rings. The van der Waals surface area contributed by atoms with Crippen LogP contribution in [0.4, 0.5) is 4.39 Å². The van der Waals surface area contributed by atoms with Crippen molar-refractivity contribution in [3.05, 3.63) is 70.5 Å². The summed E-state index contributed by atoms with van der Waals surface area (Å²) in [4.78, 5) is 0. The van der Waals surface area contributed by atoms with Gasteiger partial charge in [-0.2, -0.15) is 0 Å². The van der Waals surface area contributed by atoms with E-state index in [4.69, 9.17) is 11.6 Å². The van der Waals surface area contributed by atoms with E-state index in [0.717, 1.165) is 35.5 Å². The highest BCUT2D eigenvalue weighted by molar-refractivity contribution is 6.31. The van der Waals surface area contributed by atoms with Crippen LogP contribution in [0.5, 0.6) is 0 Å². The predicted molar refractivity (Wildman–Crippen MR) is 82.6 cm³/mol. The standard InChI is InChI=1S/C17H19ClFN/c1-2-11-20-17(13-7-9-15(19)10-8-13)12-14-5-3-4-6-16(14)18/h3-10,17,20H,2,11-12H2,1H3. The Kier molecular flexibility index (Phi) is 5.57. The molecule has 0 saturated heterocycles. The second kappa shape index (κ2) is 7.41. The molecule has 0 aliphatic heterocycles. The Morgan fingerprint density at radius 1 is 1.10 bits per heavy atom. The number of rotatable bonds is 6. The molecule has 1 N–H and O–H groups in total. The van der Waals surface area contributed by atoms with Crippen molar-refractivity contribution in [3.63, 3.8) is 0 Å². The van der Waals surface area contributed by atoms with Crippen LogP contribution in [0.25, 0.3) is 0 Å². The average molecular weight is 292 g/mol. The molecule has 0 aliphatic rings. The fraction of sp³-hybridized carbons (Fsp3) is 0.294. The quantitative estimate of drug-likeness (QED) is 0.809. The van der Waals surface area contributed by atoms with Crippen molar-refractivity contribution in [2.45, 2.75) is 25.8 Å². The first kappa shape index (κ1) is 15.0. The minimum Gasteiger partial charge on any atom is -0.310 e. The van der Waals surface area contributed by atoms with Gasteiger partial charge in [-0.3, -0.25) is 0 Å². The van der Waals surface area contributed by atoms with Crippen LogP contribution in [0, 0.1) is 5.82 Å². The van der Waals surface area contributed by atoms with Gasteiger partial charge in [-0.25, -0.2) is 4.39 Å². The maximum Gasteiger partial charge on any atom is 0.123 e. The van der Waals surface area contributed by atoms with Crippen LogP contribution in [0.3, 0.4) is 0 Å². The normalized spacial score (nSPS) is 12.3. The Morgan fingerprint density at radius 3 is 2.45 bits per heavy atom. The van der Waals surface area contributed by atoms with Crippen LogP contribution < -0.4 is 5.32 Å². The van der Waals surface area contributed by atoms with Gasteiger partial charge in [0.1, 0.15) is 5.82 Å². The van der Waals surface area contributed by atoms with Gasteiger partial charge in [0, 0.05) is 11.1 Å². The van der Waals surface area contributed by atoms with Gasteiger partial charge in [-0.05, 0) is 48.7 Å². The fourth-order valence-electron chi connectivity index (χ4n) is 2.21. The molecule has 0 bridgehead atoms. The van der Waals surface area contributed by atoms with Gasteiger partial charge >= 0.3 is 0 Å². The SMILES string of the molecule is CCCNC(Cc1ccccc1Cl)c1ccc(F)cc1. The van der Waals surface area contributed by atoms with Gasteiger partial charge < -0.3 is 5.32 Å². The summed E-state index contributed by atoms with van der Waals surface area (Å²) in [5.74, 6) is -0.208. The molecule has 1 nitrogen and oxygen atoms in total. The lowest BCUT2D eigenvalue weighted by Gasteiger charge is -2.20. The Morgan fingerprint density at radius 2 is 1.80 bits per heavy atom. The molecule has 20 heavy (non-hydrogen) atoms. The first-order valence-corrected chi connectivity index (χ1v) is 7.30. The van der Waals surface area contributed by atoms with Crippen molar-refractivity contribution in [2.24, 2.45) is 0 Å². The summed E-state index contributed by atoms with van der Waals surface area (Å²) in [5, 5.41) is 4.28. The highest BCUT2D eigenvalue weighted by Crippen LogP contribution is 2.23. The van der Waals surface area contributed by atoms with Crippen molar-refractivity contribution in [2.75, 3.05) is 6.54 Å². The van der Waals surface area contributed by atoms with Gasteiger partial charge in [0.2, 0.25) is 0 Å². The molecule has 0 aromatic heterocycles. The number of halogens is 2. The molecule has 3 heteroatoms. The Bertz CT molecular complexity index is 539. The lowest BCUT2D eigenvalue weighted by atomic mass is 9.98. The molecule has 0 heterocycles. The molecule has 2 rings (SSSR count). The van der Waals surface area contributed by atoms with Crippen LogP contribution in [-0.2, 0) is 6.42 Å². The average Bonchev–Trinajstić information content (AvgIpc) is 2.46. The number of hydrogen-bond acceptors (Lipinski definition) is 1. The molecule has 0 radical (unpaired) electrons. The maximum atomic E-state index is 13.1. The molecule has 2 aromatic carbocycles. The van der Waals surface area contributed by atoms with E-state index < -0.39 is 0 Å². The number of benzene rings is 2. The Balaban J connectivity index is 2.19. The van der Waals surface area contributed by atoms with E-state index in [1.807, 2.05) is 36.4 Å². The molecular formula is C17H19ClFN. The number of hydrogen-bond donors (Lipinski definition) is 1. The lowest BCUT2D eigenvalue weighted by Crippen LogP contribution is -2.24. The van der Waals surface area contributed by atoms with Crippen LogP contribution in [0.15, 0.2) is 48.5 Å². The molecule has 1 unspecified atom stereocenters. The molecule has 1 atom stereocenters. The summed E-state index contributed by atoms with van der Waals surface area (Å²) >= 11 is 6.23. The Labute approximate surface area is 124 Å². The van der Waals surface area contributed by atoms with E-state index in [0.29, 0.717) is 0 Å². The molecule has 0 amide bonds. The topological polar surface area (TPSA) is 12.0 Å². The van der Waals surface area contributed by atoms with E-state index in [2.05, 4.69) is 12.2 Å². The highest BCUT2D eigenvalue weighted by Gasteiger charge is 2.13. The van der Waals surface area contributed by atoms with Crippen LogP contribution in [0.2, 0.25) is 5.02 Å². The van der Waals surface area contributed by atoms with Gasteiger partial charge in [0.05, 0.1) is 0 Å². The number of nitrogens with one attached hydrogen (secondary N) is 1. The lowest BCUT2D eigenvalue weighted by molar-refractivity contribution is 0.527. The summed E-state index contributed by atoms with van der Waals surface area (Å²) in [6.07, 6.45) is 1.85. The molecule has 106 valence electrons. The first-order chi connectivity index (χ1) is 9.70. The molecule has 2 aromatic rings.